The number of hydrogen-bond donors (Lipinski definition) is 6. The largest absolute Gasteiger partial charge is 0.724 e. The SMILES string of the molecule is CC(=NC1CC(c2nnc([C@@H]3CC[C@@H]4CN3C(=O)N4O)o2)C1)NC(=O)OC(C)(C)C.CC(=NC1CC(c2nnc([C@@H]3CC[C@@H]4CN3C(=O)N4OS(=O)(=O)[O-])o2)C1)NC(=O)OC(C)(C)C.CCCC[N+](CCCC)(CCCC)CCCC.NC(N)=NC1CC(c2nnc([C@@H]3CC[C@@H]4CN3C(=O)N4OS(=O)(=O)O)o2)C1. The number of hydrogen-bond acceptors (Lipinski definition) is 27. The number of nitrogens with one attached hydrogen (secondary N) is 2. The molecule has 8 amide bonds. The lowest BCUT2D eigenvalue weighted by Gasteiger charge is -2.39. The number of alkyl carbamates (subject to hydrolysis) is 2. The van der Waals surface area contributed by atoms with Crippen molar-refractivity contribution in [2.75, 3.05) is 45.8 Å². The molecule has 8 N–H and O–H groups in total. The highest BCUT2D eigenvalue weighted by atomic mass is 32.3. The zero-order valence-electron chi connectivity index (χ0n) is 64.0. The Hall–Kier alpha value is -7.96. The van der Waals surface area contributed by atoms with Crippen LogP contribution in [0.1, 0.15) is 283 Å². The van der Waals surface area contributed by atoms with Crippen molar-refractivity contribution in [1.29, 1.82) is 0 Å². The third-order valence-electron chi connectivity index (χ3n) is 20.3. The third kappa shape index (κ3) is 22.6. The van der Waals surface area contributed by atoms with Crippen LogP contribution in [0.4, 0.5) is 24.0 Å². The van der Waals surface area contributed by atoms with Crippen molar-refractivity contribution >= 4 is 68.7 Å². The summed E-state index contributed by atoms with van der Waals surface area (Å²) in [5.41, 5.74) is 9.56. The third-order valence-corrected chi connectivity index (χ3v) is 21.0. The maximum Gasteiger partial charge on any atom is 0.418 e. The number of aromatic nitrogens is 6. The van der Waals surface area contributed by atoms with Gasteiger partial charge in [0.15, 0.2) is 5.96 Å². The summed E-state index contributed by atoms with van der Waals surface area (Å²) in [5.74, 6) is 3.58. The maximum atomic E-state index is 12.5. The number of unbranched alkanes of at least 4 members (excludes halogenated alkanes) is 4. The Bertz CT molecular complexity index is 3860. The standard InChI is InChI=1S/C19H28N6O8S.C19H28N6O5.C16H36N.C13H19N7O6S/c1-10(21-17(26)32-19(2,3)4)20-12-7-11(8-12)15-22-23-16(31-15)14-6-5-13-9-24(14)18(27)25(13)33-34(28,29)30;1-10(21-17(26)30-19(2,3)4)20-12-7-11(8-12)15-22-23-16(29-15)14-6-5-13-9-24(14)18(27)25(13)28;1-5-9-13-17(14-10-6-2,15-11-7-3)16-12-8-4;14-12(15)16-7-3-6(4-7)10-17-18-11(25-10)9-2-1-8-5-19(9)13(21)20(8)26-27(22,23)24/h11-14H,5-9H2,1-4H3,(H,20,21,26)(H,28,29,30);11-14,28H,5-9H2,1-4H3,(H,20,21,26);5-16H2,1-4H3;6-9H,1-5H2,(H4,14,15,16)(H,22,23,24)/q;;+1;/p-1/t2*11?,12?,13-,14+;;6?,7?,8-,9+/m11.1/s1. The molecule has 0 unspecified atom stereocenters. The van der Waals surface area contributed by atoms with E-state index in [2.05, 4.69) is 92.5 Å². The van der Waals surface area contributed by atoms with Crippen LogP contribution in [0.3, 0.4) is 0 Å². The van der Waals surface area contributed by atoms with Crippen molar-refractivity contribution in [3.05, 3.63) is 35.3 Å². The molecule has 6 saturated heterocycles. The van der Waals surface area contributed by atoms with Crippen LogP contribution in [0.5, 0.6) is 0 Å². The molecule has 6 aliphatic heterocycles. The number of guanidine groups is 1. The van der Waals surface area contributed by atoms with E-state index in [0.717, 1.165) is 17.9 Å². The fraction of sp³-hybridized carbons (Fsp3) is 0.791. The van der Waals surface area contributed by atoms with Crippen molar-refractivity contribution in [3.63, 3.8) is 0 Å². The van der Waals surface area contributed by atoms with Crippen molar-refractivity contribution in [2.45, 2.75) is 295 Å². The first kappa shape index (κ1) is 84.1. The summed E-state index contributed by atoms with van der Waals surface area (Å²) in [6, 6.07) is -4.15. The molecule has 9 fully saturated rings. The highest BCUT2D eigenvalue weighted by Gasteiger charge is 2.52. The van der Waals surface area contributed by atoms with Gasteiger partial charge in [-0.15, -0.1) is 34.9 Å². The quantitative estimate of drug-likeness (QED) is 0.0116. The second-order valence-corrected chi connectivity index (χ2v) is 33.3. The van der Waals surface area contributed by atoms with Gasteiger partial charge in [-0.05, 0) is 158 Å². The predicted octanol–water partition coefficient (Wildman–Crippen LogP) is 8.45. The van der Waals surface area contributed by atoms with Crippen molar-refractivity contribution in [2.24, 2.45) is 26.4 Å². The number of quaternary nitrogens is 1. The summed E-state index contributed by atoms with van der Waals surface area (Å²) < 4.78 is 102. The van der Waals surface area contributed by atoms with Crippen molar-refractivity contribution in [3.8, 4) is 0 Å². The molecule has 0 spiro atoms. The van der Waals surface area contributed by atoms with E-state index in [1.54, 1.807) is 60.3 Å². The van der Waals surface area contributed by atoms with Gasteiger partial charge in [0, 0.05) is 37.4 Å². The maximum absolute atomic E-state index is 12.5. The molecule has 9 heterocycles. The Labute approximate surface area is 630 Å². The van der Waals surface area contributed by atoms with E-state index in [1.807, 2.05) is 0 Å². The summed E-state index contributed by atoms with van der Waals surface area (Å²) >= 11 is 0. The van der Waals surface area contributed by atoms with Crippen LogP contribution in [0.2, 0.25) is 0 Å². The second kappa shape index (κ2) is 35.8. The molecule has 3 aromatic rings. The number of carbonyl (C=O) groups excluding carboxylic acids is 5. The van der Waals surface area contributed by atoms with E-state index in [0.29, 0.717) is 116 Å². The van der Waals surface area contributed by atoms with Crippen molar-refractivity contribution < 1.29 is 90.9 Å². The number of nitrogens with zero attached hydrogens (tertiary/aromatic N) is 16. The zero-order chi connectivity index (χ0) is 78.8. The molecular weight excluding hydrogens is 1450 g/mol. The number of amides is 8. The lowest BCUT2D eigenvalue weighted by Crippen LogP contribution is -2.50. The van der Waals surface area contributed by atoms with Gasteiger partial charge in [-0.1, -0.05) is 53.4 Å². The monoisotopic (exact) mass is 1560 g/mol. The van der Waals surface area contributed by atoms with Crippen molar-refractivity contribution in [1.82, 2.24) is 71.1 Å². The van der Waals surface area contributed by atoms with Gasteiger partial charge in [0.25, 0.3) is 0 Å². The molecule has 3 aromatic heterocycles. The lowest BCUT2D eigenvalue weighted by atomic mass is 9.80. The van der Waals surface area contributed by atoms with E-state index in [1.165, 1.54) is 91.8 Å². The molecule has 12 rings (SSSR count). The normalized spacial score (nSPS) is 26.2. The number of piperidine rings is 3. The van der Waals surface area contributed by atoms with E-state index in [4.69, 9.17) is 38.7 Å². The number of nitrogens with two attached hydrogens (primary N) is 2. The van der Waals surface area contributed by atoms with Gasteiger partial charge >= 0.3 is 40.7 Å². The molecule has 6 bridgehead atoms. The molecule has 0 radical (unpaired) electrons. The average molecular weight is 1560 g/mol. The first-order chi connectivity index (χ1) is 50.8. The molecule has 108 heavy (non-hydrogen) atoms. The van der Waals surface area contributed by atoms with Gasteiger partial charge < -0.3 is 57.9 Å². The summed E-state index contributed by atoms with van der Waals surface area (Å²) in [6.45, 7) is 30.1. The number of rotatable bonds is 25. The number of ether oxygens (including phenoxy) is 2. The summed E-state index contributed by atoms with van der Waals surface area (Å²) in [4.78, 5) is 78.1. The summed E-state index contributed by atoms with van der Waals surface area (Å²) in [6.07, 6.45) is 17.4. The van der Waals surface area contributed by atoms with Gasteiger partial charge in [0.2, 0.25) is 45.7 Å². The zero-order valence-corrected chi connectivity index (χ0v) is 65.6. The smallest absolute Gasteiger partial charge is 0.418 e. The molecule has 39 nitrogen and oxygen atoms in total. The number of carbonyl (C=O) groups is 5. The minimum absolute atomic E-state index is 0.000355. The van der Waals surface area contributed by atoms with E-state index in [-0.39, 0.29) is 78.8 Å². The van der Waals surface area contributed by atoms with Crippen LogP contribution >= 0.6 is 0 Å². The minimum atomic E-state index is -5.06. The Balaban J connectivity index is 0.000000170. The Morgan fingerprint density at radius 3 is 1.17 bits per heavy atom. The molecule has 3 aliphatic carbocycles. The van der Waals surface area contributed by atoms with Crippen LogP contribution in [0.25, 0.3) is 0 Å². The number of fused-ring (bicyclic) bond motifs is 6. The second-order valence-electron chi connectivity index (χ2n) is 31.3. The summed E-state index contributed by atoms with van der Waals surface area (Å²) in [7, 11) is -9.84. The highest BCUT2D eigenvalue weighted by Crippen LogP contribution is 2.46. The Kier molecular flexibility index (Phi) is 27.9. The van der Waals surface area contributed by atoms with Crippen LogP contribution in [-0.4, -0.2) is 237 Å². The number of aliphatic imine (C=N–C) groups is 3. The Morgan fingerprint density at radius 2 is 0.843 bits per heavy atom. The molecule has 9 aliphatic rings. The van der Waals surface area contributed by atoms with E-state index >= 15 is 0 Å². The van der Waals surface area contributed by atoms with E-state index < -0.39 is 86.4 Å². The molecule has 3 saturated carbocycles. The lowest BCUT2D eigenvalue weighted by molar-refractivity contribution is -0.929. The molecule has 41 heteroatoms. The van der Waals surface area contributed by atoms with Crippen LogP contribution < -0.4 is 22.1 Å². The van der Waals surface area contributed by atoms with Gasteiger partial charge in [0.1, 0.15) is 41.0 Å². The highest BCUT2D eigenvalue weighted by molar-refractivity contribution is 7.81. The Morgan fingerprint density at radius 1 is 0.528 bits per heavy atom. The molecule has 6 atom stereocenters. The van der Waals surface area contributed by atoms with Crippen LogP contribution in [0, 0.1) is 0 Å². The molecule has 604 valence electrons. The molecular formula is C67H110N20O19S2. The van der Waals surface area contributed by atoms with Gasteiger partial charge in [0.05, 0.1) is 62.4 Å². The molecule has 0 aromatic carbocycles. The van der Waals surface area contributed by atoms with Crippen LogP contribution in [0.15, 0.2) is 28.2 Å². The fourth-order valence-corrected chi connectivity index (χ4v) is 15.5. The topological polar surface area (TPSA) is 503 Å². The minimum Gasteiger partial charge on any atom is -0.724 e. The fourth-order valence-electron chi connectivity index (χ4n) is 14.8. The van der Waals surface area contributed by atoms with Gasteiger partial charge in [-0.25, -0.2) is 37.5 Å². The number of hydroxylamine groups is 6. The first-order valence-electron chi connectivity index (χ1n) is 37.7. The summed E-state index contributed by atoms with van der Waals surface area (Å²) in [5, 5.41) is 41.8. The average Bonchev–Trinajstić information content (AvgIpc) is 1.62. The predicted molar refractivity (Wildman–Crippen MR) is 385 cm³/mol. The first-order valence-corrected chi connectivity index (χ1v) is 40.4. The number of urea groups is 3. The van der Waals surface area contributed by atoms with E-state index in [9.17, 15) is 50.6 Å². The van der Waals surface area contributed by atoms with Gasteiger partial charge in [-0.3, -0.25) is 35.4 Å². The number of amidine groups is 2. The van der Waals surface area contributed by atoms with Crippen LogP contribution in [-0.2, 0) is 38.8 Å². The van der Waals surface area contributed by atoms with Gasteiger partial charge in [-0.2, -0.15) is 22.8 Å².